The van der Waals surface area contributed by atoms with E-state index < -0.39 is 0 Å². The molecule has 0 fully saturated rings. The molecule has 0 N–H and O–H groups in total. The summed E-state index contributed by atoms with van der Waals surface area (Å²) in [5, 5.41) is 1.74. The average molecular weight is 248 g/mol. The lowest BCUT2D eigenvalue weighted by molar-refractivity contribution is -0.105. The Balaban J connectivity index is 2.57. The smallest absolute Gasteiger partial charge is 0.130 e. The number of rotatable bonds is 4. The predicted octanol–water partition coefficient (Wildman–Crippen LogP) is 2.24. The van der Waals surface area contributed by atoms with E-state index in [1.54, 1.807) is 7.11 Å². The molecule has 4 nitrogen and oxygen atoms in total. The summed E-state index contributed by atoms with van der Waals surface area (Å²) in [6, 6.07) is 5.65. The zero-order valence-electron chi connectivity index (χ0n) is 9.64. The summed E-state index contributed by atoms with van der Waals surface area (Å²) >= 11 is 1.41. The van der Waals surface area contributed by atoms with Gasteiger partial charge in [-0.2, -0.15) is 0 Å². The van der Waals surface area contributed by atoms with Gasteiger partial charge in [0.1, 0.15) is 22.9 Å². The average Bonchev–Trinajstić information content (AvgIpc) is 2.35. The molecule has 0 radical (unpaired) electrons. The third-order valence-corrected chi connectivity index (χ3v) is 3.16. The van der Waals surface area contributed by atoms with Gasteiger partial charge in [-0.3, -0.25) is 0 Å². The molecule has 17 heavy (non-hydrogen) atoms. The lowest BCUT2D eigenvalue weighted by atomic mass is 10.2. The Morgan fingerprint density at radius 2 is 2.24 bits per heavy atom. The van der Waals surface area contributed by atoms with Gasteiger partial charge in [-0.15, -0.1) is 0 Å². The maximum atomic E-state index is 10.4. The third-order valence-electron chi connectivity index (χ3n) is 2.27. The van der Waals surface area contributed by atoms with Crippen molar-refractivity contribution in [3.05, 3.63) is 24.0 Å². The zero-order chi connectivity index (χ0) is 12.3. The number of thioether (sulfide) groups is 1. The Bertz CT molecular complexity index is 557. The van der Waals surface area contributed by atoms with Gasteiger partial charge in [0.05, 0.1) is 18.4 Å². The van der Waals surface area contributed by atoms with Crippen LogP contribution >= 0.6 is 11.8 Å². The standard InChI is InChI=1S/C12H12N2O2S/c1-8-13-11-4-3-9(16-2)7-10(11)12(14-8)17-6-5-15/h3-5,7H,6H2,1-2H3. The number of ether oxygens (including phenoxy) is 1. The molecule has 0 atom stereocenters. The van der Waals surface area contributed by atoms with E-state index in [4.69, 9.17) is 4.74 Å². The number of hydrogen-bond donors (Lipinski definition) is 0. The highest BCUT2D eigenvalue weighted by Gasteiger charge is 2.07. The molecule has 2 aromatic rings. The summed E-state index contributed by atoms with van der Waals surface area (Å²) in [5.41, 5.74) is 0.867. The molecular weight excluding hydrogens is 236 g/mol. The quantitative estimate of drug-likeness (QED) is 0.472. The first-order valence-electron chi connectivity index (χ1n) is 5.13. The van der Waals surface area contributed by atoms with Crippen LogP contribution < -0.4 is 4.74 Å². The summed E-state index contributed by atoms with van der Waals surface area (Å²) in [6.45, 7) is 1.84. The fourth-order valence-electron chi connectivity index (χ4n) is 1.54. The Labute approximate surface area is 103 Å². The lowest BCUT2D eigenvalue weighted by Gasteiger charge is -2.06. The minimum absolute atomic E-state index is 0.392. The van der Waals surface area contributed by atoms with E-state index in [1.807, 2.05) is 25.1 Å². The Kier molecular flexibility index (Phi) is 3.58. The molecule has 0 aliphatic heterocycles. The summed E-state index contributed by atoms with van der Waals surface area (Å²) in [4.78, 5) is 19.1. The lowest BCUT2D eigenvalue weighted by Crippen LogP contribution is -1.94. The second-order valence-corrected chi connectivity index (χ2v) is 4.45. The monoisotopic (exact) mass is 248 g/mol. The number of carbonyl (C=O) groups is 1. The van der Waals surface area contributed by atoms with E-state index in [1.165, 1.54) is 11.8 Å². The van der Waals surface area contributed by atoms with Crippen LogP contribution in [0.4, 0.5) is 0 Å². The van der Waals surface area contributed by atoms with Gasteiger partial charge >= 0.3 is 0 Å². The number of aromatic nitrogens is 2. The van der Waals surface area contributed by atoms with Gasteiger partial charge in [0, 0.05) is 5.39 Å². The molecule has 0 saturated carbocycles. The highest BCUT2D eigenvalue weighted by Crippen LogP contribution is 2.27. The van der Waals surface area contributed by atoms with E-state index in [0.29, 0.717) is 11.6 Å². The minimum atomic E-state index is 0.392. The number of carbonyl (C=O) groups excluding carboxylic acids is 1. The van der Waals surface area contributed by atoms with Crippen molar-refractivity contribution in [2.45, 2.75) is 11.9 Å². The molecule has 1 heterocycles. The minimum Gasteiger partial charge on any atom is -0.497 e. The van der Waals surface area contributed by atoms with E-state index in [0.717, 1.165) is 28.0 Å². The first kappa shape index (κ1) is 11.9. The molecule has 0 amide bonds. The topological polar surface area (TPSA) is 52.1 Å². The largest absolute Gasteiger partial charge is 0.497 e. The molecule has 1 aromatic carbocycles. The first-order valence-corrected chi connectivity index (χ1v) is 6.12. The highest BCUT2D eigenvalue weighted by atomic mass is 32.2. The van der Waals surface area contributed by atoms with Gasteiger partial charge in [0.2, 0.25) is 0 Å². The molecule has 0 aliphatic carbocycles. The van der Waals surface area contributed by atoms with Crippen molar-refractivity contribution in [2.75, 3.05) is 12.9 Å². The summed E-state index contributed by atoms with van der Waals surface area (Å²) < 4.78 is 5.18. The number of methoxy groups -OCH3 is 1. The first-order chi connectivity index (χ1) is 8.24. The summed E-state index contributed by atoms with van der Waals surface area (Å²) in [5.74, 6) is 1.86. The second-order valence-electron chi connectivity index (χ2n) is 3.44. The fraction of sp³-hybridized carbons (Fsp3) is 0.250. The Morgan fingerprint density at radius 1 is 1.41 bits per heavy atom. The van der Waals surface area contributed by atoms with Gasteiger partial charge in [0.15, 0.2) is 0 Å². The Morgan fingerprint density at radius 3 is 2.94 bits per heavy atom. The van der Waals surface area contributed by atoms with E-state index in [-0.39, 0.29) is 0 Å². The molecule has 5 heteroatoms. The van der Waals surface area contributed by atoms with Gasteiger partial charge in [-0.25, -0.2) is 9.97 Å². The molecule has 0 spiro atoms. The van der Waals surface area contributed by atoms with Crippen molar-refractivity contribution in [2.24, 2.45) is 0 Å². The number of nitrogens with zero attached hydrogens (tertiary/aromatic N) is 2. The molecule has 0 aliphatic rings. The van der Waals surface area contributed by atoms with Gasteiger partial charge < -0.3 is 9.53 Å². The van der Waals surface area contributed by atoms with Crippen LogP contribution in [0.15, 0.2) is 23.2 Å². The number of benzene rings is 1. The van der Waals surface area contributed by atoms with E-state index in [2.05, 4.69) is 9.97 Å². The number of aldehydes is 1. The van der Waals surface area contributed by atoms with Crippen LogP contribution in [-0.4, -0.2) is 29.1 Å². The van der Waals surface area contributed by atoms with Crippen LogP contribution in [0.2, 0.25) is 0 Å². The number of fused-ring (bicyclic) bond motifs is 1. The van der Waals surface area contributed by atoms with Crippen LogP contribution in [0.25, 0.3) is 10.9 Å². The van der Waals surface area contributed by atoms with Crippen LogP contribution in [0.5, 0.6) is 5.75 Å². The molecule has 0 unspecified atom stereocenters. The maximum absolute atomic E-state index is 10.4. The molecule has 1 aromatic heterocycles. The Hall–Kier alpha value is -1.62. The summed E-state index contributed by atoms with van der Waals surface area (Å²) in [7, 11) is 1.62. The van der Waals surface area contributed by atoms with Crippen molar-refractivity contribution in [1.82, 2.24) is 9.97 Å². The predicted molar refractivity (Wildman–Crippen MR) is 67.6 cm³/mol. The molecular formula is C12H12N2O2S. The number of aryl methyl sites for hydroxylation is 1. The molecule has 0 bridgehead atoms. The zero-order valence-corrected chi connectivity index (χ0v) is 10.5. The van der Waals surface area contributed by atoms with Crippen molar-refractivity contribution in [1.29, 1.82) is 0 Å². The second kappa shape index (κ2) is 5.14. The third kappa shape index (κ3) is 2.55. The molecule has 2 rings (SSSR count). The van der Waals surface area contributed by atoms with Crippen molar-refractivity contribution in [3.8, 4) is 5.75 Å². The summed E-state index contributed by atoms with van der Waals surface area (Å²) in [6.07, 6.45) is 0.869. The fourth-order valence-corrected chi connectivity index (χ4v) is 2.28. The van der Waals surface area contributed by atoms with E-state index >= 15 is 0 Å². The van der Waals surface area contributed by atoms with Gasteiger partial charge in [0.25, 0.3) is 0 Å². The van der Waals surface area contributed by atoms with Gasteiger partial charge in [-0.1, -0.05) is 11.8 Å². The maximum Gasteiger partial charge on any atom is 0.130 e. The van der Waals surface area contributed by atoms with Crippen molar-refractivity contribution in [3.63, 3.8) is 0 Å². The van der Waals surface area contributed by atoms with Crippen molar-refractivity contribution < 1.29 is 9.53 Å². The normalized spacial score (nSPS) is 10.5. The number of hydrogen-bond acceptors (Lipinski definition) is 5. The van der Waals surface area contributed by atoms with Crippen molar-refractivity contribution >= 4 is 29.0 Å². The highest BCUT2D eigenvalue weighted by molar-refractivity contribution is 8.00. The van der Waals surface area contributed by atoms with Crippen LogP contribution in [0.3, 0.4) is 0 Å². The molecule has 88 valence electrons. The SMILES string of the molecule is COc1ccc2nc(C)nc(SCC=O)c2c1. The van der Waals surface area contributed by atoms with Crippen LogP contribution in [0.1, 0.15) is 5.82 Å². The van der Waals surface area contributed by atoms with Gasteiger partial charge in [-0.05, 0) is 25.1 Å². The van der Waals surface area contributed by atoms with Crippen LogP contribution in [-0.2, 0) is 4.79 Å². The van der Waals surface area contributed by atoms with Crippen LogP contribution in [0, 0.1) is 6.92 Å². The molecule has 0 saturated heterocycles. The van der Waals surface area contributed by atoms with E-state index in [9.17, 15) is 4.79 Å².